The maximum Gasteiger partial charge on any atom is 0.415 e. The molecule has 5 nitrogen and oxygen atoms in total. The minimum Gasteiger partial charge on any atom is -0.392 e. The fourth-order valence-electron chi connectivity index (χ4n) is 2.67. The summed E-state index contributed by atoms with van der Waals surface area (Å²) in [4.78, 5) is 12.2. The van der Waals surface area contributed by atoms with Crippen LogP contribution in [0.2, 0.25) is 0 Å². The zero-order valence-corrected chi connectivity index (χ0v) is 15.5. The number of nitrogens with zero attached hydrogens (tertiary/aromatic N) is 3. The Morgan fingerprint density at radius 3 is 2.60 bits per heavy atom. The highest BCUT2D eigenvalue weighted by molar-refractivity contribution is 5.94. The molecule has 3 aromatic rings. The van der Waals surface area contributed by atoms with Crippen LogP contribution in [-0.4, -0.2) is 26.2 Å². The Hall–Kier alpha value is -3.59. The zero-order chi connectivity index (χ0) is 21.9. The summed E-state index contributed by atoms with van der Waals surface area (Å²) >= 11 is 0. The molecule has 2 N–H and O–H groups in total. The number of fused-ring (bicyclic) bond motifs is 1. The molecule has 0 amide bonds. The highest BCUT2D eigenvalue weighted by atomic mass is 19.4. The first-order valence-electron chi connectivity index (χ1n) is 8.60. The third-order valence-electron chi connectivity index (χ3n) is 4.18. The number of aliphatic hydroxyl groups excluding tert-OH is 1. The predicted octanol–water partition coefficient (Wildman–Crippen LogP) is 5.25. The minimum atomic E-state index is -4.73. The van der Waals surface area contributed by atoms with Crippen molar-refractivity contribution in [3.8, 4) is 0 Å². The van der Waals surface area contributed by atoms with E-state index in [4.69, 9.17) is 0 Å². The average molecular weight is 416 g/mol. The smallest absolute Gasteiger partial charge is 0.392 e. The number of alkyl halides is 3. The standard InChI is InChI=1S/C21H16F4N4O/c1-12(21(23,24)25)8-16(13(2)22)19-9-18(15-4-3-6-27-20(15)29-19)28-17-5-7-26-10-14(17)11-30/h3-10,30H,1-2,11H2,(H,26,27,28,29)/b16-8+. The lowest BCUT2D eigenvalue weighted by Crippen LogP contribution is -2.09. The first-order chi connectivity index (χ1) is 14.2. The van der Waals surface area contributed by atoms with Crippen molar-refractivity contribution in [2.75, 3.05) is 5.32 Å². The lowest BCUT2D eigenvalue weighted by Gasteiger charge is -2.15. The molecule has 0 spiro atoms. The van der Waals surface area contributed by atoms with Gasteiger partial charge < -0.3 is 10.4 Å². The number of aromatic nitrogens is 3. The molecular formula is C21H16F4N4O. The topological polar surface area (TPSA) is 70.9 Å². The summed E-state index contributed by atoms with van der Waals surface area (Å²) in [5.74, 6) is -1.10. The van der Waals surface area contributed by atoms with Crippen LogP contribution in [0.5, 0.6) is 0 Å². The Labute approximate surface area is 169 Å². The van der Waals surface area contributed by atoms with E-state index in [1.54, 1.807) is 18.2 Å². The Morgan fingerprint density at radius 2 is 1.93 bits per heavy atom. The molecule has 154 valence electrons. The van der Waals surface area contributed by atoms with Gasteiger partial charge in [-0.15, -0.1) is 0 Å². The summed E-state index contributed by atoms with van der Waals surface area (Å²) in [5.41, 5.74) is -0.240. The number of pyridine rings is 3. The molecule has 3 heterocycles. The third kappa shape index (κ3) is 4.52. The first kappa shape index (κ1) is 21.1. The van der Waals surface area contributed by atoms with Gasteiger partial charge >= 0.3 is 6.18 Å². The number of rotatable bonds is 6. The molecule has 0 bridgehead atoms. The summed E-state index contributed by atoms with van der Waals surface area (Å²) in [6.07, 6.45) is 0.245. The van der Waals surface area contributed by atoms with Crippen LogP contribution in [0.25, 0.3) is 16.6 Å². The summed E-state index contributed by atoms with van der Waals surface area (Å²) in [6.45, 7) is 5.78. The van der Waals surface area contributed by atoms with Crippen molar-refractivity contribution in [1.82, 2.24) is 15.0 Å². The summed E-state index contributed by atoms with van der Waals surface area (Å²) in [5, 5.41) is 13.1. The second-order valence-electron chi connectivity index (χ2n) is 6.23. The van der Waals surface area contributed by atoms with E-state index < -0.39 is 23.1 Å². The number of allylic oxidation sites excluding steroid dienone is 4. The van der Waals surface area contributed by atoms with Crippen molar-refractivity contribution in [3.05, 3.63) is 84.7 Å². The SMILES string of the molecule is C=C(F)/C(=C\C(=C)C(F)(F)F)c1cc(Nc2ccncc2CO)c2cccnc2n1. The molecule has 9 heteroatoms. The summed E-state index contributed by atoms with van der Waals surface area (Å²) in [6, 6.07) is 6.35. The largest absolute Gasteiger partial charge is 0.415 e. The Kier molecular flexibility index (Phi) is 5.93. The van der Waals surface area contributed by atoms with Gasteiger partial charge in [-0.05, 0) is 30.3 Å². The number of anilines is 2. The molecule has 0 aliphatic heterocycles. The summed E-state index contributed by atoms with van der Waals surface area (Å²) in [7, 11) is 0. The van der Waals surface area contributed by atoms with Gasteiger partial charge in [0.05, 0.1) is 18.0 Å². The van der Waals surface area contributed by atoms with Gasteiger partial charge in [-0.3, -0.25) is 4.98 Å². The molecule has 0 fully saturated rings. The van der Waals surface area contributed by atoms with E-state index in [-0.39, 0.29) is 17.9 Å². The molecule has 3 rings (SSSR count). The fourth-order valence-corrected chi connectivity index (χ4v) is 2.67. The van der Waals surface area contributed by atoms with Gasteiger partial charge in [0.25, 0.3) is 0 Å². The molecule has 30 heavy (non-hydrogen) atoms. The van der Waals surface area contributed by atoms with Gasteiger partial charge in [-0.1, -0.05) is 13.2 Å². The molecule has 0 saturated carbocycles. The van der Waals surface area contributed by atoms with Crippen LogP contribution in [0.4, 0.5) is 28.9 Å². The summed E-state index contributed by atoms with van der Waals surface area (Å²) < 4.78 is 52.8. The van der Waals surface area contributed by atoms with Crippen LogP contribution in [0.3, 0.4) is 0 Å². The number of aliphatic hydroxyl groups is 1. The van der Waals surface area contributed by atoms with Crippen LogP contribution in [-0.2, 0) is 6.61 Å². The van der Waals surface area contributed by atoms with E-state index in [1.165, 1.54) is 24.7 Å². The van der Waals surface area contributed by atoms with Gasteiger partial charge in [0.1, 0.15) is 5.83 Å². The van der Waals surface area contributed by atoms with E-state index in [0.29, 0.717) is 28.4 Å². The lowest BCUT2D eigenvalue weighted by atomic mass is 10.1. The van der Waals surface area contributed by atoms with Gasteiger partial charge in [0.15, 0.2) is 5.65 Å². The predicted molar refractivity (Wildman–Crippen MR) is 106 cm³/mol. The van der Waals surface area contributed by atoms with E-state index in [1.807, 2.05) is 0 Å². The van der Waals surface area contributed by atoms with Crippen molar-refractivity contribution in [2.45, 2.75) is 12.8 Å². The van der Waals surface area contributed by atoms with Crippen LogP contribution < -0.4 is 5.32 Å². The van der Waals surface area contributed by atoms with E-state index in [0.717, 1.165) is 0 Å². The first-order valence-corrected chi connectivity index (χ1v) is 8.60. The van der Waals surface area contributed by atoms with Crippen LogP contribution in [0.15, 0.2) is 73.5 Å². The average Bonchev–Trinajstić information content (AvgIpc) is 2.71. The molecule has 0 radical (unpaired) electrons. The molecular weight excluding hydrogens is 400 g/mol. The lowest BCUT2D eigenvalue weighted by molar-refractivity contribution is -0.0877. The van der Waals surface area contributed by atoms with Gasteiger partial charge in [0, 0.05) is 46.4 Å². The van der Waals surface area contributed by atoms with Crippen molar-refractivity contribution < 1.29 is 22.7 Å². The molecule has 0 aromatic carbocycles. The van der Waals surface area contributed by atoms with Gasteiger partial charge in [-0.2, -0.15) is 13.2 Å². The Bertz CT molecular complexity index is 1160. The highest BCUT2D eigenvalue weighted by Gasteiger charge is 2.31. The van der Waals surface area contributed by atoms with Crippen molar-refractivity contribution in [3.63, 3.8) is 0 Å². The second-order valence-corrected chi connectivity index (χ2v) is 6.23. The van der Waals surface area contributed by atoms with E-state index in [2.05, 4.69) is 33.4 Å². The quantitative estimate of drug-likeness (QED) is 0.425. The van der Waals surface area contributed by atoms with E-state index >= 15 is 0 Å². The fraction of sp³-hybridized carbons (Fsp3) is 0.0952. The van der Waals surface area contributed by atoms with Gasteiger partial charge in [-0.25, -0.2) is 14.4 Å². The minimum absolute atomic E-state index is 0.110. The Morgan fingerprint density at radius 1 is 1.17 bits per heavy atom. The molecule has 0 aliphatic carbocycles. The Balaban J connectivity index is 2.18. The molecule has 0 atom stereocenters. The van der Waals surface area contributed by atoms with Crippen LogP contribution in [0, 0.1) is 0 Å². The molecule has 3 aromatic heterocycles. The number of halogens is 4. The third-order valence-corrected chi connectivity index (χ3v) is 4.18. The van der Waals surface area contributed by atoms with E-state index in [9.17, 15) is 22.7 Å². The molecule has 0 unspecified atom stereocenters. The number of hydrogen-bond acceptors (Lipinski definition) is 5. The number of nitrogens with one attached hydrogen (secondary N) is 1. The van der Waals surface area contributed by atoms with Crippen molar-refractivity contribution >= 4 is 28.0 Å². The maximum absolute atomic E-state index is 14.1. The van der Waals surface area contributed by atoms with Crippen LogP contribution in [0.1, 0.15) is 11.3 Å². The van der Waals surface area contributed by atoms with Crippen LogP contribution >= 0.6 is 0 Å². The monoisotopic (exact) mass is 416 g/mol. The zero-order valence-electron chi connectivity index (χ0n) is 15.5. The van der Waals surface area contributed by atoms with Crippen molar-refractivity contribution in [2.24, 2.45) is 0 Å². The number of hydrogen-bond donors (Lipinski definition) is 2. The highest BCUT2D eigenvalue weighted by Crippen LogP contribution is 2.34. The van der Waals surface area contributed by atoms with Crippen molar-refractivity contribution in [1.29, 1.82) is 0 Å². The molecule has 0 aliphatic rings. The van der Waals surface area contributed by atoms with Gasteiger partial charge in [0.2, 0.25) is 0 Å². The maximum atomic E-state index is 14.1. The second kappa shape index (κ2) is 8.42. The molecule has 0 saturated heterocycles. The normalized spacial score (nSPS) is 12.1.